The first-order valence-corrected chi connectivity index (χ1v) is 9.17. The molecule has 0 bridgehead atoms. The van der Waals surface area contributed by atoms with Crippen molar-refractivity contribution >= 4 is 39.3 Å². The number of unbranched alkanes of at least 4 members (excludes halogenated alkanes) is 1. The van der Waals surface area contributed by atoms with Crippen molar-refractivity contribution in [2.24, 2.45) is 0 Å². The number of rotatable bonds is 7. The molecular formula is C15H18BrFN4O2S. The smallest absolute Gasteiger partial charge is 0.323 e. The Morgan fingerprint density at radius 3 is 2.96 bits per heavy atom. The molecule has 9 heteroatoms. The van der Waals surface area contributed by atoms with Gasteiger partial charge >= 0.3 is 5.69 Å². The third-order valence-electron chi connectivity index (χ3n) is 3.30. The van der Waals surface area contributed by atoms with Crippen LogP contribution in [0.3, 0.4) is 0 Å². The predicted octanol–water partition coefficient (Wildman–Crippen LogP) is 3.39. The number of H-pyrrole nitrogens is 1. The zero-order valence-electron chi connectivity index (χ0n) is 13.3. The van der Waals surface area contributed by atoms with Crippen LogP contribution in [0.1, 0.15) is 26.7 Å². The number of carbonyl (C=O) groups is 1. The number of aromatic nitrogens is 3. The number of carbonyl (C=O) groups excluding carboxylic acids is 1. The number of anilines is 1. The second kappa shape index (κ2) is 8.48. The van der Waals surface area contributed by atoms with E-state index in [9.17, 15) is 14.0 Å². The highest BCUT2D eigenvalue weighted by Crippen LogP contribution is 2.23. The van der Waals surface area contributed by atoms with E-state index in [2.05, 4.69) is 31.4 Å². The van der Waals surface area contributed by atoms with Gasteiger partial charge in [-0.25, -0.2) is 14.3 Å². The number of amides is 1. The fourth-order valence-electron chi connectivity index (χ4n) is 1.94. The summed E-state index contributed by atoms with van der Waals surface area (Å²) >= 11 is 4.32. The van der Waals surface area contributed by atoms with E-state index < -0.39 is 11.1 Å². The Morgan fingerprint density at radius 2 is 2.29 bits per heavy atom. The van der Waals surface area contributed by atoms with Gasteiger partial charge in [0.1, 0.15) is 5.82 Å². The molecule has 0 aliphatic rings. The summed E-state index contributed by atoms with van der Waals surface area (Å²) in [7, 11) is 0. The zero-order chi connectivity index (χ0) is 17.7. The second-order valence-corrected chi connectivity index (χ2v) is 7.41. The molecule has 2 N–H and O–H groups in total. The fourth-order valence-corrected chi connectivity index (χ4v) is 3.16. The topological polar surface area (TPSA) is 79.8 Å². The van der Waals surface area contributed by atoms with Crippen molar-refractivity contribution in [3.63, 3.8) is 0 Å². The molecule has 0 aliphatic heterocycles. The number of benzene rings is 1. The Morgan fingerprint density at radius 1 is 1.54 bits per heavy atom. The van der Waals surface area contributed by atoms with Gasteiger partial charge in [-0.05, 0) is 31.5 Å². The summed E-state index contributed by atoms with van der Waals surface area (Å²) in [6.45, 7) is 4.25. The van der Waals surface area contributed by atoms with E-state index >= 15 is 0 Å². The SMILES string of the molecule is CCCCn1c(SC(C)C(=O)Nc2ccc(Br)cc2F)n[nH]c1=O. The van der Waals surface area contributed by atoms with E-state index in [-0.39, 0.29) is 17.3 Å². The van der Waals surface area contributed by atoms with Crippen LogP contribution in [0.2, 0.25) is 0 Å². The summed E-state index contributed by atoms with van der Waals surface area (Å²) in [6.07, 6.45) is 1.79. The third kappa shape index (κ3) is 4.70. The van der Waals surface area contributed by atoms with Gasteiger partial charge in [-0.15, -0.1) is 5.10 Å². The molecule has 0 radical (unpaired) electrons. The molecule has 1 atom stereocenters. The average molecular weight is 417 g/mol. The molecule has 130 valence electrons. The third-order valence-corrected chi connectivity index (χ3v) is 4.88. The highest BCUT2D eigenvalue weighted by atomic mass is 79.9. The number of nitrogens with zero attached hydrogens (tertiary/aromatic N) is 2. The van der Waals surface area contributed by atoms with Crippen molar-refractivity contribution in [1.82, 2.24) is 14.8 Å². The van der Waals surface area contributed by atoms with E-state index in [4.69, 9.17) is 0 Å². The van der Waals surface area contributed by atoms with Gasteiger partial charge in [0.15, 0.2) is 5.16 Å². The van der Waals surface area contributed by atoms with Crippen LogP contribution in [0, 0.1) is 5.82 Å². The molecule has 1 aromatic carbocycles. The lowest BCUT2D eigenvalue weighted by Gasteiger charge is -2.12. The average Bonchev–Trinajstić information content (AvgIpc) is 2.88. The van der Waals surface area contributed by atoms with Crippen LogP contribution in [0.5, 0.6) is 0 Å². The molecule has 0 saturated carbocycles. The minimum atomic E-state index is -0.538. The second-order valence-electron chi connectivity index (χ2n) is 5.19. The monoisotopic (exact) mass is 416 g/mol. The number of thioether (sulfide) groups is 1. The number of hydrogen-bond acceptors (Lipinski definition) is 4. The van der Waals surface area contributed by atoms with Crippen LogP contribution in [-0.2, 0) is 11.3 Å². The minimum Gasteiger partial charge on any atom is -0.323 e. The maximum absolute atomic E-state index is 13.8. The molecule has 1 amide bonds. The lowest BCUT2D eigenvalue weighted by atomic mass is 10.3. The maximum Gasteiger partial charge on any atom is 0.343 e. The van der Waals surface area contributed by atoms with Crippen LogP contribution in [0.4, 0.5) is 10.1 Å². The molecule has 2 rings (SSSR count). The van der Waals surface area contributed by atoms with Crippen LogP contribution in [0.15, 0.2) is 32.6 Å². The first-order valence-electron chi connectivity index (χ1n) is 7.50. The number of hydrogen-bond donors (Lipinski definition) is 2. The van der Waals surface area contributed by atoms with E-state index in [0.717, 1.165) is 24.6 Å². The van der Waals surface area contributed by atoms with Gasteiger partial charge in [-0.2, -0.15) is 0 Å². The van der Waals surface area contributed by atoms with E-state index in [1.165, 1.54) is 16.7 Å². The van der Waals surface area contributed by atoms with E-state index in [1.54, 1.807) is 13.0 Å². The molecule has 1 heterocycles. The Labute approximate surface area is 151 Å². The zero-order valence-corrected chi connectivity index (χ0v) is 15.7. The Balaban J connectivity index is 2.05. The van der Waals surface area contributed by atoms with Crippen molar-refractivity contribution in [3.8, 4) is 0 Å². The lowest BCUT2D eigenvalue weighted by Crippen LogP contribution is -2.24. The molecule has 0 fully saturated rings. The maximum atomic E-state index is 13.8. The van der Waals surface area contributed by atoms with Gasteiger partial charge in [0.25, 0.3) is 0 Å². The highest BCUT2D eigenvalue weighted by molar-refractivity contribution is 9.10. The summed E-state index contributed by atoms with van der Waals surface area (Å²) in [6, 6.07) is 4.41. The largest absolute Gasteiger partial charge is 0.343 e. The van der Waals surface area contributed by atoms with Gasteiger partial charge < -0.3 is 5.32 Å². The van der Waals surface area contributed by atoms with Crippen molar-refractivity contribution in [2.45, 2.75) is 43.6 Å². The van der Waals surface area contributed by atoms with Crippen LogP contribution < -0.4 is 11.0 Å². The summed E-state index contributed by atoms with van der Waals surface area (Å²) in [5, 5.41) is 8.81. The van der Waals surface area contributed by atoms with Gasteiger partial charge in [0, 0.05) is 11.0 Å². The van der Waals surface area contributed by atoms with Gasteiger partial charge in [0.2, 0.25) is 5.91 Å². The van der Waals surface area contributed by atoms with E-state index in [0.29, 0.717) is 16.2 Å². The molecule has 6 nitrogen and oxygen atoms in total. The summed E-state index contributed by atoms with van der Waals surface area (Å²) < 4.78 is 15.9. The molecule has 0 spiro atoms. The van der Waals surface area contributed by atoms with Crippen molar-refractivity contribution in [2.75, 3.05) is 5.32 Å². The van der Waals surface area contributed by atoms with Crippen molar-refractivity contribution in [1.29, 1.82) is 0 Å². The molecule has 1 unspecified atom stereocenters. The van der Waals surface area contributed by atoms with Gasteiger partial charge in [0.05, 0.1) is 10.9 Å². The molecule has 24 heavy (non-hydrogen) atoms. The van der Waals surface area contributed by atoms with Gasteiger partial charge in [-0.1, -0.05) is 41.0 Å². The fraction of sp³-hybridized carbons (Fsp3) is 0.400. The lowest BCUT2D eigenvalue weighted by molar-refractivity contribution is -0.115. The first-order chi connectivity index (χ1) is 11.4. The normalized spacial score (nSPS) is 12.2. The molecule has 0 saturated heterocycles. The Bertz CT molecular complexity index is 777. The standard InChI is InChI=1S/C15H18BrFN4O2S/c1-3-4-7-21-14(23)19-20-15(21)24-9(2)13(22)18-12-6-5-10(16)8-11(12)17/h5-6,8-9H,3-4,7H2,1-2H3,(H,18,22)(H,19,23). The quantitative estimate of drug-likeness (QED) is 0.677. The van der Waals surface area contributed by atoms with Gasteiger partial charge in [-0.3, -0.25) is 9.36 Å². The number of aromatic amines is 1. The summed E-state index contributed by atoms with van der Waals surface area (Å²) in [4.78, 5) is 24.0. The Hall–Kier alpha value is -1.61. The minimum absolute atomic E-state index is 0.112. The summed E-state index contributed by atoms with van der Waals surface area (Å²) in [5.74, 6) is -0.881. The van der Waals surface area contributed by atoms with Crippen molar-refractivity contribution < 1.29 is 9.18 Å². The molecule has 2 aromatic rings. The number of halogens is 2. The van der Waals surface area contributed by atoms with Crippen LogP contribution >= 0.6 is 27.7 Å². The van der Waals surface area contributed by atoms with E-state index in [1.807, 2.05) is 6.92 Å². The van der Waals surface area contributed by atoms with Crippen LogP contribution in [0.25, 0.3) is 0 Å². The molecular weight excluding hydrogens is 399 g/mol. The summed E-state index contributed by atoms with van der Waals surface area (Å²) in [5.41, 5.74) is -0.182. The number of nitrogens with one attached hydrogen (secondary N) is 2. The van der Waals surface area contributed by atoms with Crippen LogP contribution in [-0.4, -0.2) is 25.9 Å². The predicted molar refractivity (Wildman–Crippen MR) is 95.8 cm³/mol. The Kier molecular flexibility index (Phi) is 6.61. The molecule has 0 aliphatic carbocycles. The van der Waals surface area contributed by atoms with Crippen molar-refractivity contribution in [3.05, 3.63) is 39.0 Å². The first kappa shape index (κ1) is 18.7. The molecule has 1 aromatic heterocycles. The highest BCUT2D eigenvalue weighted by Gasteiger charge is 2.20.